The van der Waals surface area contributed by atoms with Crippen molar-refractivity contribution in [3.8, 4) is 11.8 Å². The van der Waals surface area contributed by atoms with Gasteiger partial charge >= 0.3 is 0 Å². The predicted octanol–water partition coefficient (Wildman–Crippen LogP) is 8.14. The predicted molar refractivity (Wildman–Crippen MR) is 185 cm³/mol. The van der Waals surface area contributed by atoms with Crippen LogP contribution in [0.15, 0.2) is 117 Å². The van der Waals surface area contributed by atoms with Crippen molar-refractivity contribution in [2.24, 2.45) is 10.8 Å². The van der Waals surface area contributed by atoms with Gasteiger partial charge in [-0.3, -0.25) is 4.79 Å². The Kier molecular flexibility index (Phi) is 13.3. The van der Waals surface area contributed by atoms with Crippen LogP contribution in [-0.2, 0) is 4.79 Å². The Labute approximate surface area is 266 Å². The summed E-state index contributed by atoms with van der Waals surface area (Å²) < 4.78 is 0. The number of ketones is 1. The van der Waals surface area contributed by atoms with E-state index in [-0.39, 0.29) is 16.6 Å². The van der Waals surface area contributed by atoms with E-state index in [1.54, 1.807) is 6.92 Å². The van der Waals surface area contributed by atoms with Crippen LogP contribution in [0.4, 0.5) is 0 Å². The van der Waals surface area contributed by atoms with E-state index in [1.165, 1.54) is 0 Å². The molecule has 2 aliphatic rings. The Bertz CT molecular complexity index is 1460. The average Bonchev–Trinajstić information content (AvgIpc) is 2.92. The molecule has 0 aromatic carbocycles. The van der Waals surface area contributed by atoms with Crippen LogP contribution in [0, 0.1) is 22.7 Å². The normalized spacial score (nSPS) is 25.7. The third kappa shape index (κ3) is 10.6. The number of hydrogen-bond acceptors (Lipinski definition) is 4. The highest BCUT2D eigenvalue weighted by atomic mass is 16.3. The molecule has 0 heterocycles. The summed E-state index contributed by atoms with van der Waals surface area (Å²) in [6, 6.07) is 0. The molecule has 0 aromatic rings. The molecule has 44 heavy (non-hydrogen) atoms. The number of carbonyl (C=O) groups is 1. The highest BCUT2D eigenvalue weighted by molar-refractivity contribution is 6.00. The first kappa shape index (κ1) is 36.7. The van der Waals surface area contributed by atoms with Gasteiger partial charge in [-0.1, -0.05) is 129 Å². The zero-order chi connectivity index (χ0) is 33.2. The molecule has 2 aliphatic carbocycles. The van der Waals surface area contributed by atoms with Gasteiger partial charge in [-0.2, -0.15) is 0 Å². The zero-order valence-corrected chi connectivity index (χ0v) is 28.3. The standard InChI is InChI=1S/C40H52O4/c1-27(17-13-19-29(3)21-23-33-31(5)37(43)35(41)25-39(33,7)8)15-11-12-16-28(2)18-14-20-30(4)22-24-34-32(6)38(44)36(42)26-40(34,9)10/h11-21,23,35-36,38,41-42,44H,25-26H2,1-10H3/b12-11+,17-13+,18-14+,23-21+,27-15+,28-16+,29-19+,30-20+/t35-,36-,38+/m0/s1. The van der Waals surface area contributed by atoms with Crippen molar-refractivity contribution >= 4 is 5.78 Å². The van der Waals surface area contributed by atoms with Gasteiger partial charge in [0.15, 0.2) is 5.78 Å². The van der Waals surface area contributed by atoms with E-state index in [4.69, 9.17) is 0 Å². The Hall–Kier alpha value is -3.49. The Morgan fingerprint density at radius 1 is 0.750 bits per heavy atom. The molecule has 0 radical (unpaired) electrons. The first-order chi connectivity index (χ1) is 20.5. The molecular formula is C40H52O4. The number of aliphatic hydroxyl groups excluding tert-OH is 3. The van der Waals surface area contributed by atoms with Gasteiger partial charge in [0.05, 0.1) is 6.10 Å². The maximum absolute atomic E-state index is 12.2. The van der Waals surface area contributed by atoms with Crippen molar-refractivity contribution in [2.75, 3.05) is 0 Å². The number of rotatable bonds is 8. The van der Waals surface area contributed by atoms with Gasteiger partial charge in [-0.25, -0.2) is 0 Å². The van der Waals surface area contributed by atoms with Gasteiger partial charge in [-0.15, -0.1) is 0 Å². The molecule has 0 fully saturated rings. The number of carbonyl (C=O) groups excluding carboxylic acids is 1. The molecule has 3 N–H and O–H groups in total. The van der Waals surface area contributed by atoms with Crippen molar-refractivity contribution in [1.29, 1.82) is 0 Å². The summed E-state index contributed by atoms with van der Waals surface area (Å²) in [5.41, 5.74) is 6.99. The molecule has 0 spiro atoms. The fourth-order valence-electron chi connectivity index (χ4n) is 5.60. The van der Waals surface area contributed by atoms with Crippen LogP contribution in [0.5, 0.6) is 0 Å². The second-order valence-electron chi connectivity index (χ2n) is 13.4. The minimum absolute atomic E-state index is 0.175. The summed E-state index contributed by atoms with van der Waals surface area (Å²) in [5, 5.41) is 30.4. The maximum Gasteiger partial charge on any atom is 0.187 e. The van der Waals surface area contributed by atoms with Crippen molar-refractivity contribution in [3.63, 3.8) is 0 Å². The average molecular weight is 597 g/mol. The number of allylic oxidation sites excluding steroid dienone is 18. The summed E-state index contributed by atoms with van der Waals surface area (Å²) in [6.45, 7) is 20.0. The van der Waals surface area contributed by atoms with E-state index in [1.807, 2.05) is 88.5 Å². The molecule has 0 unspecified atom stereocenters. The molecule has 0 aliphatic heterocycles. The van der Waals surface area contributed by atoms with Crippen molar-refractivity contribution < 1.29 is 20.1 Å². The van der Waals surface area contributed by atoms with Crippen LogP contribution in [0.1, 0.15) is 82.1 Å². The lowest BCUT2D eigenvalue weighted by atomic mass is 9.71. The second-order valence-corrected chi connectivity index (χ2v) is 13.4. The molecule has 0 amide bonds. The Morgan fingerprint density at radius 2 is 1.27 bits per heavy atom. The number of hydrogen-bond donors (Lipinski definition) is 3. The van der Waals surface area contributed by atoms with Crippen molar-refractivity contribution in [2.45, 2.75) is 100 Å². The molecule has 236 valence electrons. The first-order valence-electron chi connectivity index (χ1n) is 15.4. The molecule has 0 saturated heterocycles. The largest absolute Gasteiger partial charge is 0.390 e. The van der Waals surface area contributed by atoms with Crippen LogP contribution in [0.25, 0.3) is 0 Å². The van der Waals surface area contributed by atoms with E-state index < -0.39 is 18.3 Å². The van der Waals surface area contributed by atoms with Gasteiger partial charge < -0.3 is 15.3 Å². The minimum Gasteiger partial charge on any atom is -0.390 e. The summed E-state index contributed by atoms with van der Waals surface area (Å²) in [7, 11) is 0. The minimum atomic E-state index is -0.907. The van der Waals surface area contributed by atoms with Gasteiger partial charge in [0.25, 0.3) is 0 Å². The Morgan fingerprint density at radius 3 is 1.86 bits per heavy atom. The first-order valence-corrected chi connectivity index (χ1v) is 15.4. The summed E-state index contributed by atoms with van der Waals surface area (Å²) >= 11 is 0. The summed E-state index contributed by atoms with van der Waals surface area (Å²) in [4.78, 5) is 12.2. The van der Waals surface area contributed by atoms with E-state index in [0.29, 0.717) is 18.4 Å². The number of aliphatic hydroxyl groups is 3. The smallest absolute Gasteiger partial charge is 0.187 e. The molecule has 4 heteroatoms. The molecule has 0 saturated carbocycles. The topological polar surface area (TPSA) is 77.8 Å². The second kappa shape index (κ2) is 16.0. The van der Waals surface area contributed by atoms with Gasteiger partial charge in [0.2, 0.25) is 0 Å². The fraction of sp³-hybridized carbons (Fsp3) is 0.425. The van der Waals surface area contributed by atoms with E-state index in [0.717, 1.165) is 39.0 Å². The van der Waals surface area contributed by atoms with E-state index in [9.17, 15) is 20.1 Å². The monoisotopic (exact) mass is 596 g/mol. The highest BCUT2D eigenvalue weighted by Gasteiger charge is 2.38. The molecule has 4 nitrogen and oxygen atoms in total. The lowest BCUT2D eigenvalue weighted by molar-refractivity contribution is -0.125. The fourth-order valence-corrected chi connectivity index (χ4v) is 5.60. The van der Waals surface area contributed by atoms with Crippen LogP contribution < -0.4 is 0 Å². The van der Waals surface area contributed by atoms with E-state index >= 15 is 0 Å². The highest BCUT2D eigenvalue weighted by Crippen LogP contribution is 2.41. The third-order valence-electron chi connectivity index (χ3n) is 8.26. The van der Waals surface area contributed by atoms with Gasteiger partial charge in [0.1, 0.15) is 12.2 Å². The molecule has 2 rings (SSSR count). The molecule has 3 atom stereocenters. The van der Waals surface area contributed by atoms with E-state index in [2.05, 4.69) is 58.6 Å². The maximum atomic E-state index is 12.2. The van der Waals surface area contributed by atoms with Gasteiger partial charge in [-0.05, 0) is 82.1 Å². The summed E-state index contributed by atoms with van der Waals surface area (Å²) in [6.07, 6.45) is 22.7. The van der Waals surface area contributed by atoms with Crippen molar-refractivity contribution in [1.82, 2.24) is 0 Å². The van der Waals surface area contributed by atoms with Gasteiger partial charge in [0, 0.05) is 11.0 Å². The number of Topliss-reactive ketones (excluding diaryl/α,β-unsaturated/α-hetero) is 1. The third-order valence-corrected chi connectivity index (χ3v) is 8.26. The Balaban J connectivity index is 1.96. The van der Waals surface area contributed by atoms with Crippen LogP contribution in [-0.4, -0.2) is 39.4 Å². The quantitative estimate of drug-likeness (QED) is 0.195. The van der Waals surface area contributed by atoms with Crippen LogP contribution in [0.3, 0.4) is 0 Å². The molecular weight excluding hydrogens is 544 g/mol. The summed E-state index contributed by atoms with van der Waals surface area (Å²) in [5.74, 6) is 6.26. The lowest BCUT2D eigenvalue weighted by Gasteiger charge is -2.37. The zero-order valence-electron chi connectivity index (χ0n) is 28.3. The SMILES string of the molecule is CC1=C(/C=C/C(C)=C/C=C/C(C)=C/C=C/C=C(C)/C=C/C=C(\C)C#CC2=C(C)[C@@H](O)[C@@H](O)CC2(C)C)C(C)(C)C[C@H](O)C1=O. The van der Waals surface area contributed by atoms with Crippen LogP contribution >= 0.6 is 0 Å². The van der Waals surface area contributed by atoms with Crippen LogP contribution in [0.2, 0.25) is 0 Å². The molecule has 0 aromatic heterocycles. The lowest BCUT2D eigenvalue weighted by Crippen LogP contribution is -2.39. The molecule has 0 bridgehead atoms. The van der Waals surface area contributed by atoms with Crippen molar-refractivity contribution in [3.05, 3.63) is 117 Å².